The van der Waals surface area contributed by atoms with E-state index in [0.717, 1.165) is 11.3 Å². The Balaban J connectivity index is 2.13. The highest BCUT2D eigenvalue weighted by Gasteiger charge is 2.32. The Morgan fingerprint density at radius 1 is 1.19 bits per heavy atom. The maximum Gasteiger partial charge on any atom is 0.330 e. The van der Waals surface area contributed by atoms with Gasteiger partial charge < -0.3 is 19.0 Å². The van der Waals surface area contributed by atoms with Crippen molar-refractivity contribution < 1.29 is 23.3 Å². The summed E-state index contributed by atoms with van der Waals surface area (Å²) in [4.78, 5) is 29.4. The van der Waals surface area contributed by atoms with Crippen LogP contribution < -0.4 is 5.32 Å². The number of aromatic nitrogens is 2. The van der Waals surface area contributed by atoms with Crippen LogP contribution in [-0.2, 0) is 9.53 Å². The zero-order valence-electron chi connectivity index (χ0n) is 16.1. The first kappa shape index (κ1) is 18.6. The van der Waals surface area contributed by atoms with Gasteiger partial charge in [0.15, 0.2) is 0 Å². The van der Waals surface area contributed by atoms with Crippen LogP contribution >= 0.6 is 0 Å². The molecule has 3 aromatic heterocycles. The number of nitrogens with one attached hydrogen (secondary N) is 1. The molecule has 0 fully saturated rings. The number of methoxy groups -OCH3 is 1. The van der Waals surface area contributed by atoms with Crippen molar-refractivity contribution in [3.05, 3.63) is 34.9 Å². The van der Waals surface area contributed by atoms with E-state index in [1.807, 2.05) is 19.9 Å². The Bertz CT molecular complexity index is 1050. The lowest BCUT2D eigenvalue weighted by Gasteiger charge is -2.23. The molecule has 8 heteroatoms. The number of rotatable bonds is 4. The number of hydrogen-bond acceptors (Lipinski definition) is 7. The Morgan fingerprint density at radius 3 is 2.48 bits per heavy atom. The number of nitrogens with zero attached hydrogens (tertiary/aromatic N) is 2. The van der Waals surface area contributed by atoms with Gasteiger partial charge in [0.05, 0.1) is 29.4 Å². The maximum atomic E-state index is 13.0. The van der Waals surface area contributed by atoms with Crippen molar-refractivity contribution in [2.45, 2.75) is 40.2 Å². The second kappa shape index (κ2) is 6.53. The lowest BCUT2D eigenvalue weighted by molar-refractivity contribution is -0.146. The van der Waals surface area contributed by atoms with Crippen molar-refractivity contribution in [3.63, 3.8) is 0 Å². The summed E-state index contributed by atoms with van der Waals surface area (Å²) < 4.78 is 15.6. The van der Waals surface area contributed by atoms with Crippen LogP contribution in [0.5, 0.6) is 0 Å². The predicted octanol–water partition coefficient (Wildman–Crippen LogP) is 3.09. The summed E-state index contributed by atoms with van der Waals surface area (Å²) in [5, 5.41) is 7.11. The first-order valence-electron chi connectivity index (χ1n) is 8.39. The number of fused-ring (bicyclic) bond motifs is 1. The highest BCUT2D eigenvalue weighted by molar-refractivity contribution is 6.08. The van der Waals surface area contributed by atoms with Gasteiger partial charge in [-0.3, -0.25) is 4.79 Å². The van der Waals surface area contributed by atoms with Gasteiger partial charge in [-0.25, -0.2) is 9.78 Å². The van der Waals surface area contributed by atoms with E-state index >= 15 is 0 Å². The third-order valence-electron chi connectivity index (χ3n) is 4.30. The van der Waals surface area contributed by atoms with Gasteiger partial charge in [0.2, 0.25) is 0 Å². The fourth-order valence-corrected chi connectivity index (χ4v) is 2.95. The van der Waals surface area contributed by atoms with E-state index in [1.165, 1.54) is 7.11 Å². The number of amides is 1. The van der Waals surface area contributed by atoms with Gasteiger partial charge in [-0.1, -0.05) is 5.16 Å². The van der Waals surface area contributed by atoms with E-state index in [0.29, 0.717) is 28.1 Å². The van der Waals surface area contributed by atoms with Crippen LogP contribution in [0.2, 0.25) is 0 Å². The molecule has 0 unspecified atom stereocenters. The normalized spacial score (nSPS) is 11.6. The van der Waals surface area contributed by atoms with Gasteiger partial charge in [-0.05, 0) is 46.8 Å². The molecule has 3 heterocycles. The van der Waals surface area contributed by atoms with E-state index in [9.17, 15) is 9.59 Å². The predicted molar refractivity (Wildman–Crippen MR) is 97.3 cm³/mol. The van der Waals surface area contributed by atoms with Crippen LogP contribution in [0.15, 0.2) is 21.1 Å². The Morgan fingerprint density at radius 2 is 1.89 bits per heavy atom. The highest BCUT2D eigenvalue weighted by atomic mass is 16.5. The first-order valence-corrected chi connectivity index (χ1v) is 8.39. The monoisotopic (exact) mass is 371 g/mol. The number of furan rings is 1. The molecule has 1 N–H and O–H groups in total. The number of carbonyl (C=O) groups excluding carboxylic acids is 2. The number of pyridine rings is 1. The van der Waals surface area contributed by atoms with Crippen LogP contribution in [0.25, 0.3) is 22.4 Å². The quantitative estimate of drug-likeness (QED) is 0.702. The van der Waals surface area contributed by atoms with Crippen molar-refractivity contribution in [3.8, 4) is 11.3 Å². The van der Waals surface area contributed by atoms with Crippen LogP contribution in [0.4, 0.5) is 0 Å². The van der Waals surface area contributed by atoms with Crippen molar-refractivity contribution in [2.24, 2.45) is 0 Å². The fourth-order valence-electron chi connectivity index (χ4n) is 2.95. The largest absolute Gasteiger partial charge is 0.467 e. The van der Waals surface area contributed by atoms with Crippen LogP contribution in [-0.4, -0.2) is 34.7 Å². The van der Waals surface area contributed by atoms with Crippen molar-refractivity contribution in [1.29, 1.82) is 0 Å². The van der Waals surface area contributed by atoms with E-state index in [1.54, 1.807) is 26.8 Å². The minimum Gasteiger partial charge on any atom is -0.467 e. The SMILES string of the molecule is COC(=O)C(C)(C)NC(=O)c1cc(-c2cc(C)oc2C)nc2onc(C)c12. The summed E-state index contributed by atoms with van der Waals surface area (Å²) >= 11 is 0. The van der Waals surface area contributed by atoms with Gasteiger partial charge in [-0.15, -0.1) is 0 Å². The summed E-state index contributed by atoms with van der Waals surface area (Å²) in [6.45, 7) is 8.52. The highest BCUT2D eigenvalue weighted by Crippen LogP contribution is 2.30. The molecule has 27 heavy (non-hydrogen) atoms. The molecule has 0 aliphatic rings. The zero-order chi connectivity index (χ0) is 19.9. The molecule has 1 amide bonds. The third kappa shape index (κ3) is 3.30. The Kier molecular flexibility index (Phi) is 4.51. The number of ether oxygens (including phenoxy) is 1. The summed E-state index contributed by atoms with van der Waals surface area (Å²) in [6.07, 6.45) is 0. The molecule has 0 aromatic carbocycles. The molecule has 0 atom stereocenters. The Labute approximate surface area is 155 Å². The fraction of sp³-hybridized carbons (Fsp3) is 0.368. The molecule has 0 saturated carbocycles. The standard InChI is InChI=1S/C19H21N3O5/c1-9-7-12(11(3)26-9)14-8-13(15-10(2)22-27-17(15)20-14)16(23)21-19(4,5)18(24)25-6/h7-8H,1-6H3,(H,21,23). The van der Waals surface area contributed by atoms with Crippen molar-refractivity contribution in [2.75, 3.05) is 7.11 Å². The average Bonchev–Trinajstić information content (AvgIpc) is 3.14. The molecule has 0 radical (unpaired) electrons. The van der Waals surface area contributed by atoms with Gasteiger partial charge in [0, 0.05) is 5.56 Å². The zero-order valence-corrected chi connectivity index (χ0v) is 16.1. The van der Waals surface area contributed by atoms with Gasteiger partial charge in [0.1, 0.15) is 17.1 Å². The number of hydrogen-bond donors (Lipinski definition) is 1. The summed E-state index contributed by atoms with van der Waals surface area (Å²) in [6, 6.07) is 3.49. The molecule has 0 bridgehead atoms. The lowest BCUT2D eigenvalue weighted by Crippen LogP contribution is -2.50. The van der Waals surface area contributed by atoms with Gasteiger partial charge in [-0.2, -0.15) is 0 Å². The Hall–Kier alpha value is -3.16. The third-order valence-corrected chi connectivity index (χ3v) is 4.30. The van der Waals surface area contributed by atoms with E-state index in [2.05, 4.69) is 15.5 Å². The first-order chi connectivity index (χ1) is 12.6. The van der Waals surface area contributed by atoms with Crippen LogP contribution in [0.3, 0.4) is 0 Å². The van der Waals surface area contributed by atoms with E-state index in [-0.39, 0.29) is 5.71 Å². The lowest BCUT2D eigenvalue weighted by atomic mass is 10.0. The summed E-state index contributed by atoms with van der Waals surface area (Å²) in [5.74, 6) is 0.403. The van der Waals surface area contributed by atoms with Gasteiger partial charge in [0.25, 0.3) is 11.6 Å². The van der Waals surface area contributed by atoms with E-state index < -0.39 is 17.4 Å². The van der Waals surface area contributed by atoms with E-state index in [4.69, 9.17) is 13.7 Å². The van der Waals surface area contributed by atoms with Crippen LogP contribution in [0.1, 0.15) is 41.4 Å². The average molecular weight is 371 g/mol. The second-order valence-corrected chi connectivity index (χ2v) is 6.90. The van der Waals surface area contributed by atoms with Crippen molar-refractivity contribution >= 4 is 23.0 Å². The number of carbonyl (C=O) groups is 2. The second-order valence-electron chi connectivity index (χ2n) is 6.90. The smallest absolute Gasteiger partial charge is 0.330 e. The molecule has 0 spiro atoms. The summed E-state index contributed by atoms with van der Waals surface area (Å²) in [5.41, 5.74) is 1.16. The molecular weight excluding hydrogens is 350 g/mol. The molecule has 3 aromatic rings. The molecule has 0 saturated heterocycles. The minimum absolute atomic E-state index is 0.240. The minimum atomic E-state index is -1.20. The van der Waals surface area contributed by atoms with Crippen molar-refractivity contribution in [1.82, 2.24) is 15.5 Å². The summed E-state index contributed by atoms with van der Waals surface area (Å²) in [7, 11) is 1.27. The molecule has 142 valence electrons. The maximum absolute atomic E-state index is 13.0. The molecule has 0 aliphatic carbocycles. The van der Waals surface area contributed by atoms with Gasteiger partial charge >= 0.3 is 5.97 Å². The molecular formula is C19H21N3O5. The number of aryl methyl sites for hydroxylation is 3. The molecule has 0 aliphatic heterocycles. The van der Waals surface area contributed by atoms with Crippen LogP contribution in [0, 0.1) is 20.8 Å². The topological polar surface area (TPSA) is 107 Å². The molecule has 3 rings (SSSR count). The number of esters is 1. The molecule has 8 nitrogen and oxygen atoms in total.